The summed E-state index contributed by atoms with van der Waals surface area (Å²) in [6, 6.07) is 26.9. The lowest BCUT2D eigenvalue weighted by Crippen LogP contribution is -2.62. The highest BCUT2D eigenvalue weighted by atomic mass is 32.1. The molecule has 1 aromatic heterocycles. The Morgan fingerprint density at radius 1 is 0.768 bits per heavy atom. The number of rotatable bonds is 23. The molecule has 4 heterocycles. The normalized spacial score (nSPS) is 16.8. The number of hydrogen-bond acceptors (Lipinski definition) is 14. The summed E-state index contributed by atoms with van der Waals surface area (Å²) in [7, 11) is 0. The van der Waals surface area contributed by atoms with E-state index in [1.165, 1.54) is 18.3 Å². The fraction of sp³-hybridized carbons (Fsp3) is 0.320. The summed E-state index contributed by atoms with van der Waals surface area (Å²) in [5, 5.41) is 16.7. The zero-order valence-electron chi connectivity index (χ0n) is 37.9. The lowest BCUT2D eigenvalue weighted by Gasteiger charge is -2.38. The number of benzene rings is 4. The van der Waals surface area contributed by atoms with E-state index in [4.69, 9.17) is 14.2 Å². The molecule has 5 N–H and O–H groups in total. The van der Waals surface area contributed by atoms with Crippen molar-refractivity contribution in [1.82, 2.24) is 25.4 Å². The number of nitrogens with one attached hydrogen (secondary N) is 5. The Labute approximate surface area is 402 Å². The van der Waals surface area contributed by atoms with Gasteiger partial charge in [-0.25, -0.2) is 4.98 Å². The number of ether oxygens (including phenoxy) is 3. The molecular weight excluding hydrogens is 905 g/mol. The largest absolute Gasteiger partial charge is 0.383 e. The first-order chi connectivity index (χ1) is 33.5. The van der Waals surface area contributed by atoms with Gasteiger partial charge in [-0.15, -0.1) is 11.3 Å². The number of aromatic nitrogens is 1. The van der Waals surface area contributed by atoms with Crippen LogP contribution in [0.25, 0.3) is 11.1 Å². The van der Waals surface area contributed by atoms with Crippen LogP contribution in [-0.2, 0) is 39.9 Å². The molecule has 0 saturated carbocycles. The summed E-state index contributed by atoms with van der Waals surface area (Å²) < 4.78 is 16.7. The smallest absolute Gasteiger partial charge is 0.264 e. The first-order valence-electron chi connectivity index (χ1n) is 22.7. The minimum Gasteiger partial charge on any atom is -0.383 e. The molecule has 1 saturated heterocycles. The number of piperidine rings is 1. The monoisotopic (exact) mass is 956 g/mol. The van der Waals surface area contributed by atoms with Gasteiger partial charge in [-0.1, -0.05) is 60.7 Å². The Morgan fingerprint density at radius 3 is 2.25 bits per heavy atom. The average molecular weight is 957 g/mol. The third-order valence-electron chi connectivity index (χ3n) is 12.0. The van der Waals surface area contributed by atoms with Crippen LogP contribution in [0.1, 0.15) is 74.4 Å². The number of fused-ring (bicyclic) bond motifs is 2. The van der Waals surface area contributed by atoms with Gasteiger partial charge < -0.3 is 35.1 Å². The number of imide groups is 2. The van der Waals surface area contributed by atoms with E-state index in [9.17, 15) is 33.6 Å². The fourth-order valence-corrected chi connectivity index (χ4v) is 8.94. The Hall–Kier alpha value is -7.32. The molecule has 0 bridgehead atoms. The maximum absolute atomic E-state index is 13.9. The number of amides is 7. The van der Waals surface area contributed by atoms with Crippen LogP contribution in [-0.4, -0.2) is 121 Å². The molecule has 69 heavy (non-hydrogen) atoms. The van der Waals surface area contributed by atoms with Crippen LogP contribution in [0.15, 0.2) is 103 Å². The van der Waals surface area contributed by atoms with E-state index in [-0.39, 0.29) is 54.7 Å². The van der Waals surface area contributed by atoms with Crippen molar-refractivity contribution in [3.8, 4) is 11.1 Å². The highest BCUT2D eigenvalue weighted by Crippen LogP contribution is 2.38. The maximum atomic E-state index is 13.9. The summed E-state index contributed by atoms with van der Waals surface area (Å²) in [6.07, 6.45) is 1.90. The predicted octanol–water partition coefficient (Wildman–Crippen LogP) is 5.02. The summed E-state index contributed by atoms with van der Waals surface area (Å²) in [5.74, 6) is -2.95. The minimum atomic E-state index is -1.47. The quantitative estimate of drug-likeness (QED) is 0.0429. The van der Waals surface area contributed by atoms with Gasteiger partial charge in [0.15, 0.2) is 5.13 Å². The average Bonchev–Trinajstić information content (AvgIpc) is 4.06. The van der Waals surface area contributed by atoms with Crippen molar-refractivity contribution in [3.05, 3.63) is 130 Å². The highest BCUT2D eigenvalue weighted by Gasteiger charge is 2.53. The van der Waals surface area contributed by atoms with Gasteiger partial charge in [0, 0.05) is 67.5 Å². The van der Waals surface area contributed by atoms with E-state index >= 15 is 0 Å². The summed E-state index contributed by atoms with van der Waals surface area (Å²) >= 11 is 1.32. The zero-order valence-corrected chi connectivity index (χ0v) is 38.7. The van der Waals surface area contributed by atoms with Crippen molar-refractivity contribution in [2.45, 2.75) is 44.3 Å². The second-order valence-electron chi connectivity index (χ2n) is 16.6. The molecule has 1 fully saturated rings. The molecule has 0 aliphatic carbocycles. The third kappa shape index (κ3) is 11.2. The predicted molar refractivity (Wildman–Crippen MR) is 256 cm³/mol. The lowest BCUT2D eigenvalue weighted by molar-refractivity contribution is -0.141. The van der Waals surface area contributed by atoms with Crippen LogP contribution >= 0.6 is 11.3 Å². The van der Waals surface area contributed by atoms with E-state index < -0.39 is 35.2 Å². The van der Waals surface area contributed by atoms with Crippen molar-refractivity contribution in [2.75, 3.05) is 75.2 Å². The van der Waals surface area contributed by atoms with Crippen molar-refractivity contribution >= 4 is 69.2 Å². The SMILES string of the molecule is CC1(N2C(=O)c3cccc(NCCOCCOCCOCCC(=O)NCCNc4ccc(-c5ccc6c(c5)C(=O)N(C(C(=O)Nc5nccs5)c5ccccc5)C6)cc4)c3C2=O)CCC(=O)NC1=O. The molecule has 18 nitrogen and oxygen atoms in total. The first kappa shape index (κ1) is 48.1. The van der Waals surface area contributed by atoms with E-state index in [1.54, 1.807) is 34.7 Å². The first-order valence-corrected chi connectivity index (χ1v) is 23.5. The highest BCUT2D eigenvalue weighted by molar-refractivity contribution is 7.13. The second kappa shape index (κ2) is 22.2. The fourth-order valence-electron chi connectivity index (χ4n) is 8.41. The summed E-state index contributed by atoms with van der Waals surface area (Å²) in [6.45, 7) is 4.90. The summed E-state index contributed by atoms with van der Waals surface area (Å²) in [4.78, 5) is 97.6. The Kier molecular flexibility index (Phi) is 15.5. The Bertz CT molecular complexity index is 2700. The molecule has 5 aromatic rings. The van der Waals surface area contributed by atoms with Crippen LogP contribution in [0.4, 0.5) is 16.5 Å². The zero-order chi connectivity index (χ0) is 48.3. The van der Waals surface area contributed by atoms with Gasteiger partial charge in [0.2, 0.25) is 11.8 Å². The Balaban J connectivity index is 0.672. The molecular formula is C50H52N8O10S. The van der Waals surface area contributed by atoms with Gasteiger partial charge in [-0.3, -0.25) is 49.1 Å². The molecule has 0 spiro atoms. The second-order valence-corrected chi connectivity index (χ2v) is 17.5. The van der Waals surface area contributed by atoms with Crippen LogP contribution in [0, 0.1) is 0 Å². The molecule has 4 aromatic carbocycles. The van der Waals surface area contributed by atoms with Crippen molar-refractivity contribution in [2.24, 2.45) is 0 Å². The van der Waals surface area contributed by atoms with Gasteiger partial charge in [0.05, 0.1) is 50.8 Å². The molecule has 2 atom stereocenters. The third-order valence-corrected chi connectivity index (χ3v) is 12.7. The van der Waals surface area contributed by atoms with Crippen LogP contribution in [0.2, 0.25) is 0 Å². The van der Waals surface area contributed by atoms with E-state index in [0.29, 0.717) is 81.2 Å². The van der Waals surface area contributed by atoms with Gasteiger partial charge in [0.25, 0.3) is 29.5 Å². The number of anilines is 3. The lowest BCUT2D eigenvalue weighted by atomic mass is 9.89. The van der Waals surface area contributed by atoms with Gasteiger partial charge >= 0.3 is 0 Å². The molecule has 7 amide bonds. The molecule has 8 rings (SSSR count). The molecule has 2 unspecified atom stereocenters. The molecule has 0 radical (unpaired) electrons. The summed E-state index contributed by atoms with van der Waals surface area (Å²) in [5.41, 5.74) is 4.16. The van der Waals surface area contributed by atoms with Crippen LogP contribution in [0.3, 0.4) is 0 Å². The van der Waals surface area contributed by atoms with E-state index in [2.05, 4.69) is 31.6 Å². The van der Waals surface area contributed by atoms with Gasteiger partial charge in [-0.05, 0) is 65.9 Å². The van der Waals surface area contributed by atoms with E-state index in [1.807, 2.05) is 72.8 Å². The maximum Gasteiger partial charge on any atom is 0.264 e. The number of thiazole rings is 1. The van der Waals surface area contributed by atoms with Gasteiger partial charge in [0.1, 0.15) is 11.6 Å². The van der Waals surface area contributed by atoms with E-state index in [0.717, 1.165) is 27.3 Å². The minimum absolute atomic E-state index is 0.0272. The van der Waals surface area contributed by atoms with Crippen molar-refractivity contribution in [3.63, 3.8) is 0 Å². The Morgan fingerprint density at radius 2 is 1.51 bits per heavy atom. The topological polar surface area (TPSA) is 227 Å². The van der Waals surface area contributed by atoms with Crippen molar-refractivity contribution < 1.29 is 47.8 Å². The molecule has 19 heteroatoms. The number of nitrogens with zero attached hydrogens (tertiary/aromatic N) is 3. The molecule has 3 aliphatic heterocycles. The number of carbonyl (C=O) groups excluding carboxylic acids is 7. The van der Waals surface area contributed by atoms with Crippen LogP contribution in [0.5, 0.6) is 0 Å². The van der Waals surface area contributed by atoms with Gasteiger partial charge in [-0.2, -0.15) is 0 Å². The number of carbonyl (C=O) groups is 7. The standard InChI is InChI=1S/C50H52N8O10S/c1-50(18-16-41(60)55-48(50)65)58-46(63)37-8-5-9-39(42(37)47(58)64)52-21-24-67-26-28-68-27-25-66-23-17-40(59)53-20-19-51-36-14-12-32(13-15-36)34-10-11-35-31-57(45(62)38(35)30-34)43(33-6-3-2-4-7-33)44(61)56-49-54-22-29-69-49/h2-15,22,29-30,43,51-52H,16-21,23-28,31H2,1H3,(H,53,59)(H,54,56,61)(H,55,60,65). The van der Waals surface area contributed by atoms with Crippen molar-refractivity contribution in [1.29, 1.82) is 0 Å². The number of hydrogen-bond donors (Lipinski definition) is 5. The molecule has 358 valence electrons. The molecule has 3 aliphatic rings. The van der Waals surface area contributed by atoms with Crippen LogP contribution < -0.4 is 26.6 Å².